The molecule has 2 aromatic carbocycles. The molecule has 4 rings (SSSR count). The van der Waals surface area contributed by atoms with Crippen LogP contribution >= 0.6 is 0 Å². The fourth-order valence-corrected chi connectivity index (χ4v) is 2.83. The predicted octanol–water partition coefficient (Wildman–Crippen LogP) is 4.41. The average molecular weight is 376 g/mol. The molecule has 0 aliphatic rings. The van der Waals surface area contributed by atoms with Gasteiger partial charge in [-0.05, 0) is 42.5 Å². The number of furan rings is 1. The Morgan fingerprint density at radius 1 is 1.11 bits per heavy atom. The van der Waals surface area contributed by atoms with E-state index in [-0.39, 0.29) is 12.3 Å². The molecule has 0 saturated carbocycles. The molecule has 0 fully saturated rings. The number of carbonyl (C=O) groups excluding carboxylic acids is 1. The molecular weight excluding hydrogens is 359 g/mol. The van der Waals surface area contributed by atoms with Gasteiger partial charge in [-0.25, -0.2) is 9.37 Å². The first kappa shape index (κ1) is 17.5. The normalized spacial score (nSPS) is 10.8. The number of hydrogen-bond acceptors (Lipinski definition) is 5. The van der Waals surface area contributed by atoms with Gasteiger partial charge in [-0.1, -0.05) is 18.2 Å². The summed E-state index contributed by atoms with van der Waals surface area (Å²) in [6, 6.07) is 16.9. The van der Waals surface area contributed by atoms with Crippen molar-refractivity contribution in [3.8, 4) is 0 Å². The Balaban J connectivity index is 1.50. The average Bonchev–Trinajstić information content (AvgIpc) is 3.14. The van der Waals surface area contributed by atoms with E-state index in [1.54, 1.807) is 36.5 Å². The van der Waals surface area contributed by atoms with Gasteiger partial charge in [0.05, 0.1) is 5.69 Å². The fourth-order valence-electron chi connectivity index (χ4n) is 2.83. The van der Waals surface area contributed by atoms with Crippen LogP contribution in [0.3, 0.4) is 0 Å². The number of nitrogens with one attached hydrogen (secondary N) is 2. The molecule has 0 unspecified atom stereocenters. The number of para-hydroxylation sites is 1. The highest BCUT2D eigenvalue weighted by Gasteiger charge is 2.13. The summed E-state index contributed by atoms with van der Waals surface area (Å²) < 4.78 is 19.7. The van der Waals surface area contributed by atoms with Crippen molar-refractivity contribution in [2.45, 2.75) is 6.54 Å². The second-order valence-electron chi connectivity index (χ2n) is 6.20. The number of halogens is 1. The van der Waals surface area contributed by atoms with Crippen molar-refractivity contribution >= 4 is 34.1 Å². The third-order valence-electron chi connectivity index (χ3n) is 4.26. The molecule has 0 aliphatic carbocycles. The van der Waals surface area contributed by atoms with Crippen LogP contribution in [0.25, 0.3) is 11.0 Å². The van der Waals surface area contributed by atoms with Gasteiger partial charge in [-0.2, -0.15) is 0 Å². The number of aromatic nitrogens is 1. The summed E-state index contributed by atoms with van der Waals surface area (Å²) in [7, 11) is 0. The summed E-state index contributed by atoms with van der Waals surface area (Å²) in [6.45, 7) is 0.191. The van der Waals surface area contributed by atoms with Crippen LogP contribution in [0.1, 0.15) is 16.1 Å². The monoisotopic (exact) mass is 376 g/mol. The highest BCUT2D eigenvalue weighted by molar-refractivity contribution is 6.04. The Kier molecular flexibility index (Phi) is 4.63. The highest BCUT2D eigenvalue weighted by atomic mass is 19.1. The minimum atomic E-state index is -0.404. The number of nitrogens with two attached hydrogens (primary N) is 1. The lowest BCUT2D eigenvalue weighted by Gasteiger charge is -2.11. The van der Waals surface area contributed by atoms with Crippen molar-refractivity contribution in [3.05, 3.63) is 84.0 Å². The van der Waals surface area contributed by atoms with Crippen LogP contribution in [0.5, 0.6) is 0 Å². The SMILES string of the molecule is Nc1ncccc1NCc1cc(NC(=O)c2cc3ccccc3o2)ccc1F. The Bertz CT molecular complexity index is 1120. The van der Waals surface area contributed by atoms with E-state index < -0.39 is 11.7 Å². The molecule has 140 valence electrons. The largest absolute Gasteiger partial charge is 0.451 e. The summed E-state index contributed by atoms with van der Waals surface area (Å²) in [5, 5.41) is 6.61. The van der Waals surface area contributed by atoms with Gasteiger partial charge in [0.2, 0.25) is 0 Å². The molecule has 4 N–H and O–H groups in total. The number of carbonyl (C=O) groups is 1. The number of nitrogens with zero attached hydrogens (tertiary/aromatic N) is 1. The van der Waals surface area contributed by atoms with Gasteiger partial charge < -0.3 is 20.8 Å². The lowest BCUT2D eigenvalue weighted by molar-refractivity contribution is 0.0998. The minimum Gasteiger partial charge on any atom is -0.451 e. The van der Waals surface area contributed by atoms with E-state index in [0.717, 1.165) is 5.39 Å². The van der Waals surface area contributed by atoms with Gasteiger partial charge >= 0.3 is 0 Å². The number of nitrogen functional groups attached to an aromatic ring is 1. The first-order valence-corrected chi connectivity index (χ1v) is 8.63. The van der Waals surface area contributed by atoms with Crippen molar-refractivity contribution in [1.29, 1.82) is 0 Å². The van der Waals surface area contributed by atoms with Crippen LogP contribution in [0, 0.1) is 5.82 Å². The van der Waals surface area contributed by atoms with Gasteiger partial charge in [0, 0.05) is 29.4 Å². The number of fused-ring (bicyclic) bond motifs is 1. The molecule has 28 heavy (non-hydrogen) atoms. The molecule has 0 aliphatic heterocycles. The van der Waals surface area contributed by atoms with Gasteiger partial charge in [0.1, 0.15) is 17.2 Å². The molecule has 2 aromatic heterocycles. The standard InChI is InChI=1S/C21H17FN4O2/c22-16-8-7-15(10-14(16)12-25-17-5-3-9-24-20(17)23)26-21(27)19-11-13-4-1-2-6-18(13)28-19/h1-11,25H,12H2,(H2,23,24)(H,26,27). The zero-order chi connectivity index (χ0) is 19.5. The zero-order valence-electron chi connectivity index (χ0n) is 14.8. The summed E-state index contributed by atoms with van der Waals surface area (Å²) in [5.41, 5.74) is 7.86. The third kappa shape index (κ3) is 3.64. The van der Waals surface area contributed by atoms with Crippen LogP contribution in [0.2, 0.25) is 0 Å². The number of hydrogen-bond donors (Lipinski definition) is 3. The van der Waals surface area contributed by atoms with Gasteiger partial charge in [0.15, 0.2) is 5.76 Å². The lowest BCUT2D eigenvalue weighted by Crippen LogP contribution is -2.12. The number of rotatable bonds is 5. The van der Waals surface area contributed by atoms with E-state index in [1.807, 2.05) is 18.2 Å². The fraction of sp³-hybridized carbons (Fsp3) is 0.0476. The van der Waals surface area contributed by atoms with Crippen molar-refractivity contribution in [2.24, 2.45) is 0 Å². The smallest absolute Gasteiger partial charge is 0.291 e. The number of benzene rings is 2. The van der Waals surface area contributed by atoms with E-state index in [9.17, 15) is 9.18 Å². The Morgan fingerprint density at radius 2 is 1.96 bits per heavy atom. The van der Waals surface area contributed by atoms with Crippen LogP contribution in [0.15, 0.2) is 71.3 Å². The Labute approximate surface area is 160 Å². The van der Waals surface area contributed by atoms with E-state index in [4.69, 9.17) is 10.2 Å². The van der Waals surface area contributed by atoms with Gasteiger partial charge in [-0.3, -0.25) is 4.79 Å². The molecule has 0 radical (unpaired) electrons. The maximum absolute atomic E-state index is 14.2. The molecule has 4 aromatic rings. The van der Waals surface area contributed by atoms with Crippen LogP contribution < -0.4 is 16.4 Å². The van der Waals surface area contributed by atoms with Crippen molar-refractivity contribution in [3.63, 3.8) is 0 Å². The molecule has 2 heterocycles. The zero-order valence-corrected chi connectivity index (χ0v) is 14.8. The van der Waals surface area contributed by atoms with Gasteiger partial charge in [-0.15, -0.1) is 0 Å². The molecule has 7 heteroatoms. The topological polar surface area (TPSA) is 93.2 Å². The van der Waals surface area contributed by atoms with Gasteiger partial charge in [0.25, 0.3) is 5.91 Å². The molecule has 6 nitrogen and oxygen atoms in total. The first-order chi connectivity index (χ1) is 13.6. The summed E-state index contributed by atoms with van der Waals surface area (Å²) in [5.74, 6) is -0.277. The second kappa shape index (κ2) is 7.40. The molecule has 0 bridgehead atoms. The number of anilines is 3. The molecule has 1 amide bonds. The predicted molar refractivity (Wildman–Crippen MR) is 107 cm³/mol. The van der Waals surface area contributed by atoms with Crippen molar-refractivity contribution < 1.29 is 13.6 Å². The van der Waals surface area contributed by atoms with E-state index in [0.29, 0.717) is 28.3 Å². The molecule has 0 saturated heterocycles. The van der Waals surface area contributed by atoms with E-state index in [2.05, 4.69) is 15.6 Å². The van der Waals surface area contributed by atoms with Crippen molar-refractivity contribution in [1.82, 2.24) is 4.98 Å². The Morgan fingerprint density at radius 3 is 2.79 bits per heavy atom. The summed E-state index contributed by atoms with van der Waals surface area (Å²) >= 11 is 0. The summed E-state index contributed by atoms with van der Waals surface area (Å²) in [4.78, 5) is 16.4. The number of pyridine rings is 1. The first-order valence-electron chi connectivity index (χ1n) is 8.63. The lowest BCUT2D eigenvalue weighted by atomic mass is 10.1. The van der Waals surface area contributed by atoms with Crippen LogP contribution in [-0.2, 0) is 6.54 Å². The highest BCUT2D eigenvalue weighted by Crippen LogP contribution is 2.22. The van der Waals surface area contributed by atoms with E-state index in [1.165, 1.54) is 12.1 Å². The molecular formula is C21H17FN4O2. The van der Waals surface area contributed by atoms with Crippen LogP contribution in [0.4, 0.5) is 21.6 Å². The second-order valence-corrected chi connectivity index (χ2v) is 6.20. The quantitative estimate of drug-likeness (QED) is 0.480. The maximum atomic E-state index is 14.2. The summed E-state index contributed by atoms with van der Waals surface area (Å²) in [6.07, 6.45) is 1.58. The maximum Gasteiger partial charge on any atom is 0.291 e. The van der Waals surface area contributed by atoms with Crippen molar-refractivity contribution in [2.75, 3.05) is 16.4 Å². The minimum absolute atomic E-state index is 0.188. The molecule has 0 atom stereocenters. The van der Waals surface area contributed by atoms with E-state index >= 15 is 0 Å². The Hall–Kier alpha value is -3.87. The van der Waals surface area contributed by atoms with Crippen LogP contribution in [-0.4, -0.2) is 10.9 Å². The molecule has 0 spiro atoms. The third-order valence-corrected chi connectivity index (χ3v) is 4.26. The number of amides is 1.